The normalized spacial score (nSPS) is 12.2. The van der Waals surface area contributed by atoms with Gasteiger partial charge in [0.25, 0.3) is 0 Å². The summed E-state index contributed by atoms with van der Waals surface area (Å²) in [6.07, 6.45) is -0.707. The number of aromatic nitrogens is 3. The predicted octanol–water partition coefficient (Wildman–Crippen LogP) is 2.18. The summed E-state index contributed by atoms with van der Waals surface area (Å²) in [5.41, 5.74) is -0.731. The van der Waals surface area contributed by atoms with Gasteiger partial charge in [-0.1, -0.05) is 18.2 Å². The molecular weight excluding hydrogens is 233 g/mol. The van der Waals surface area contributed by atoms with E-state index in [0.29, 0.717) is 0 Å². The molecule has 0 aliphatic carbocycles. The van der Waals surface area contributed by atoms with Gasteiger partial charge in [0.1, 0.15) is 12.7 Å². The molecule has 0 unspecified atom stereocenters. The number of halogens is 3. The van der Waals surface area contributed by atoms with Crippen LogP contribution in [0.2, 0.25) is 0 Å². The molecule has 4 nitrogen and oxygen atoms in total. The largest absolute Gasteiger partial charge is 0.417 e. The van der Waals surface area contributed by atoms with Crippen LogP contribution in [0.5, 0.6) is 0 Å². The first kappa shape index (κ1) is 11.3. The summed E-state index contributed by atoms with van der Waals surface area (Å²) in [7, 11) is 0. The molecule has 0 amide bonds. The van der Waals surface area contributed by atoms with Gasteiger partial charge in [0.05, 0.1) is 11.8 Å². The third-order valence-electron chi connectivity index (χ3n) is 2.00. The van der Waals surface area contributed by atoms with E-state index in [1.807, 2.05) is 0 Å². The van der Waals surface area contributed by atoms with Crippen LogP contribution in [0, 0.1) is 0 Å². The van der Waals surface area contributed by atoms with Gasteiger partial charge < -0.3 is 0 Å². The van der Waals surface area contributed by atoms with Crippen LogP contribution in [0.3, 0.4) is 0 Å². The molecule has 88 valence electrons. The second-order valence-corrected chi connectivity index (χ2v) is 3.17. The van der Waals surface area contributed by atoms with Crippen molar-refractivity contribution in [3.63, 3.8) is 0 Å². The Labute approximate surface area is 94.4 Å². The van der Waals surface area contributed by atoms with E-state index >= 15 is 0 Å². The summed E-state index contributed by atoms with van der Waals surface area (Å²) >= 11 is 0. The van der Waals surface area contributed by atoms with Crippen LogP contribution in [0.4, 0.5) is 13.2 Å². The molecule has 0 saturated carbocycles. The summed E-state index contributed by atoms with van der Waals surface area (Å²) in [4.78, 5) is 0. The van der Waals surface area contributed by atoms with Gasteiger partial charge in [-0.05, 0) is 6.07 Å². The van der Waals surface area contributed by atoms with Crippen molar-refractivity contribution in [2.24, 2.45) is 5.10 Å². The molecule has 1 aromatic heterocycles. The molecule has 0 atom stereocenters. The van der Waals surface area contributed by atoms with Gasteiger partial charge >= 0.3 is 6.18 Å². The lowest BCUT2D eigenvalue weighted by molar-refractivity contribution is -0.137. The molecule has 0 spiro atoms. The zero-order chi connectivity index (χ0) is 12.3. The van der Waals surface area contributed by atoms with E-state index in [9.17, 15) is 13.2 Å². The second-order valence-electron chi connectivity index (χ2n) is 3.17. The maximum absolute atomic E-state index is 12.6. The van der Waals surface area contributed by atoms with Crippen LogP contribution < -0.4 is 0 Å². The van der Waals surface area contributed by atoms with Crippen LogP contribution >= 0.6 is 0 Å². The van der Waals surface area contributed by atoms with Gasteiger partial charge in [-0.2, -0.15) is 18.3 Å². The number of hydrogen-bond donors (Lipinski definition) is 0. The maximum atomic E-state index is 12.6. The van der Waals surface area contributed by atoms with Crippen LogP contribution in [0.25, 0.3) is 0 Å². The summed E-state index contributed by atoms with van der Waals surface area (Å²) in [6.45, 7) is 0. The van der Waals surface area contributed by atoms with E-state index < -0.39 is 11.7 Å². The van der Waals surface area contributed by atoms with Crippen LogP contribution in [0.1, 0.15) is 11.1 Å². The zero-order valence-corrected chi connectivity index (χ0v) is 8.46. The van der Waals surface area contributed by atoms with Crippen molar-refractivity contribution >= 4 is 6.21 Å². The van der Waals surface area contributed by atoms with Gasteiger partial charge in [-0.15, -0.1) is 10.2 Å². The van der Waals surface area contributed by atoms with E-state index in [1.54, 1.807) is 0 Å². The number of hydrogen-bond acceptors (Lipinski definition) is 3. The van der Waals surface area contributed by atoms with Crippen molar-refractivity contribution in [3.05, 3.63) is 48.0 Å². The highest BCUT2D eigenvalue weighted by Gasteiger charge is 2.32. The minimum absolute atomic E-state index is 0.00583. The summed E-state index contributed by atoms with van der Waals surface area (Å²) in [6, 6.07) is 5.20. The Morgan fingerprint density at radius 2 is 1.76 bits per heavy atom. The number of nitrogens with zero attached hydrogens (tertiary/aromatic N) is 4. The first-order chi connectivity index (χ1) is 8.07. The lowest BCUT2D eigenvalue weighted by Crippen LogP contribution is -2.08. The summed E-state index contributed by atoms with van der Waals surface area (Å²) in [5.74, 6) is 0. The third kappa shape index (κ3) is 2.68. The highest BCUT2D eigenvalue weighted by atomic mass is 19.4. The van der Waals surface area contributed by atoms with Gasteiger partial charge in [0, 0.05) is 5.56 Å². The van der Waals surface area contributed by atoms with Crippen molar-refractivity contribution in [1.29, 1.82) is 0 Å². The number of alkyl halides is 3. The maximum Gasteiger partial charge on any atom is 0.417 e. The molecular formula is C10H7F3N4. The molecule has 2 rings (SSSR count). The van der Waals surface area contributed by atoms with E-state index in [4.69, 9.17) is 0 Å². The predicted molar refractivity (Wildman–Crippen MR) is 54.5 cm³/mol. The molecule has 1 aromatic carbocycles. The van der Waals surface area contributed by atoms with Crippen LogP contribution in [0.15, 0.2) is 42.0 Å². The van der Waals surface area contributed by atoms with Gasteiger partial charge in [0.2, 0.25) is 0 Å². The molecule has 0 aliphatic heterocycles. The smallest absolute Gasteiger partial charge is 0.208 e. The molecule has 0 radical (unpaired) electrons. The van der Waals surface area contributed by atoms with Gasteiger partial charge in [0.15, 0.2) is 0 Å². The Morgan fingerprint density at radius 3 is 2.41 bits per heavy atom. The standard InChI is InChI=1S/C10H7F3N4/c11-10(12,13)9-4-2-1-3-8(9)5-16-17-6-14-15-7-17/h1-7H/b16-5-. The zero-order valence-electron chi connectivity index (χ0n) is 8.46. The van der Waals surface area contributed by atoms with Crippen molar-refractivity contribution in [2.45, 2.75) is 6.18 Å². The molecule has 7 heteroatoms. The topological polar surface area (TPSA) is 43.1 Å². The lowest BCUT2D eigenvalue weighted by atomic mass is 10.1. The molecule has 0 fully saturated rings. The molecule has 0 saturated heterocycles. The fourth-order valence-electron chi connectivity index (χ4n) is 1.25. The average molecular weight is 240 g/mol. The molecule has 1 heterocycles. The van der Waals surface area contributed by atoms with Gasteiger partial charge in [-0.25, -0.2) is 4.68 Å². The summed E-state index contributed by atoms with van der Waals surface area (Å²) < 4.78 is 39.1. The van der Waals surface area contributed by atoms with Crippen molar-refractivity contribution < 1.29 is 13.2 Å². The fourth-order valence-corrected chi connectivity index (χ4v) is 1.25. The highest BCUT2D eigenvalue weighted by molar-refractivity contribution is 5.81. The Kier molecular flexibility index (Phi) is 2.90. The Hall–Kier alpha value is -2.18. The highest BCUT2D eigenvalue weighted by Crippen LogP contribution is 2.31. The Bertz CT molecular complexity index is 517. The number of benzene rings is 1. The lowest BCUT2D eigenvalue weighted by Gasteiger charge is -2.08. The first-order valence-corrected chi connectivity index (χ1v) is 4.62. The van der Waals surface area contributed by atoms with Crippen molar-refractivity contribution in [2.75, 3.05) is 0 Å². The Balaban J connectivity index is 2.33. The first-order valence-electron chi connectivity index (χ1n) is 4.62. The molecule has 0 N–H and O–H groups in total. The van der Waals surface area contributed by atoms with E-state index in [2.05, 4.69) is 15.3 Å². The summed E-state index contributed by atoms with van der Waals surface area (Å²) in [5, 5.41) is 10.7. The van der Waals surface area contributed by atoms with Crippen molar-refractivity contribution in [1.82, 2.24) is 14.9 Å². The van der Waals surface area contributed by atoms with Crippen LogP contribution in [-0.2, 0) is 6.18 Å². The molecule has 0 bridgehead atoms. The molecule has 17 heavy (non-hydrogen) atoms. The SMILES string of the molecule is FC(F)(F)c1ccccc1/C=N\n1cnnc1. The van der Waals surface area contributed by atoms with E-state index in [-0.39, 0.29) is 5.56 Å². The average Bonchev–Trinajstić information content (AvgIpc) is 2.78. The second kappa shape index (κ2) is 4.36. The van der Waals surface area contributed by atoms with Gasteiger partial charge in [-0.3, -0.25) is 0 Å². The number of rotatable bonds is 2. The van der Waals surface area contributed by atoms with E-state index in [1.165, 1.54) is 35.5 Å². The quantitative estimate of drug-likeness (QED) is 0.755. The third-order valence-corrected chi connectivity index (χ3v) is 2.00. The molecule has 2 aromatic rings. The minimum Gasteiger partial charge on any atom is -0.208 e. The monoisotopic (exact) mass is 240 g/mol. The Morgan fingerprint density at radius 1 is 1.12 bits per heavy atom. The van der Waals surface area contributed by atoms with Crippen LogP contribution in [-0.4, -0.2) is 21.1 Å². The minimum atomic E-state index is -4.39. The van der Waals surface area contributed by atoms with Crippen molar-refractivity contribution in [3.8, 4) is 0 Å². The fraction of sp³-hybridized carbons (Fsp3) is 0.100. The van der Waals surface area contributed by atoms with E-state index in [0.717, 1.165) is 12.3 Å². The molecule has 0 aliphatic rings.